The highest BCUT2D eigenvalue weighted by Gasteiger charge is 2.27. The molecule has 4 aromatic carbocycles. The minimum atomic E-state index is -0.548. The predicted octanol–water partition coefficient (Wildman–Crippen LogP) is 8.31. The maximum atomic E-state index is 12.7. The van der Waals surface area contributed by atoms with E-state index in [2.05, 4.69) is 19.9 Å². The Morgan fingerprint density at radius 2 is 0.808 bits per heavy atom. The minimum Gasteiger partial charge on any atom is -0.424 e. The Kier molecular flexibility index (Phi) is 7.64. The number of hydrogen-bond donors (Lipinski definition) is 4. The molecule has 0 saturated heterocycles. The van der Waals surface area contributed by atoms with Gasteiger partial charge in [0.25, 0.3) is 0 Å². The minimum absolute atomic E-state index is 0.234. The second-order valence-corrected chi connectivity index (χ2v) is 12.3. The molecule has 0 radical (unpaired) electrons. The molecule has 52 heavy (non-hydrogen) atoms. The molecule has 0 aliphatic heterocycles. The van der Waals surface area contributed by atoms with Gasteiger partial charge in [-0.05, 0) is 47.5 Å². The number of carbonyl (C=O) groups is 4. The Balaban J connectivity index is 1.45. The summed E-state index contributed by atoms with van der Waals surface area (Å²) in [4.78, 5) is 62.2. The Morgan fingerprint density at radius 3 is 1.19 bits per heavy atom. The second kappa shape index (κ2) is 12.4. The molecule has 4 aromatic heterocycles. The monoisotopic (exact) mass is 694 g/mol. The van der Waals surface area contributed by atoms with Gasteiger partial charge in [-0.15, -0.1) is 0 Å². The van der Waals surface area contributed by atoms with Crippen LogP contribution >= 0.6 is 0 Å². The lowest BCUT2D eigenvalue weighted by Crippen LogP contribution is -2.07. The molecule has 8 aromatic rings. The summed E-state index contributed by atoms with van der Waals surface area (Å²) in [5.74, 6) is -0.760. The summed E-state index contributed by atoms with van der Waals surface area (Å²) in [6.45, 7) is 5.33. The zero-order valence-corrected chi connectivity index (χ0v) is 28.3. The van der Waals surface area contributed by atoms with Crippen LogP contribution in [0.5, 0.6) is 23.0 Å². The SMILES string of the molecule is CC(=O)Oc1cccc2c(-c3cc(-c4cc(-c5c[nH]c6c(OC(C)=O)cccc56)c5cc[nH]c5c4OC(C)=O)c(OC(C)=O)c4[nH]ccc34)c[nH]c12. The second-order valence-electron chi connectivity index (χ2n) is 12.3. The average Bonchev–Trinajstić information content (AvgIpc) is 3.91. The number of esters is 4. The van der Waals surface area contributed by atoms with Crippen molar-refractivity contribution < 1.29 is 38.1 Å². The third-order valence-corrected chi connectivity index (χ3v) is 8.82. The highest BCUT2D eigenvalue weighted by Crippen LogP contribution is 2.50. The van der Waals surface area contributed by atoms with E-state index in [1.54, 1.807) is 36.7 Å². The number of H-pyrrole nitrogens is 4. The van der Waals surface area contributed by atoms with Crippen molar-refractivity contribution in [2.45, 2.75) is 27.7 Å². The van der Waals surface area contributed by atoms with E-state index >= 15 is 0 Å². The highest BCUT2D eigenvalue weighted by atomic mass is 16.5. The summed E-state index contributed by atoms with van der Waals surface area (Å²) in [7, 11) is 0. The first kappa shape index (κ1) is 32.1. The van der Waals surface area contributed by atoms with Crippen LogP contribution < -0.4 is 18.9 Å². The summed E-state index contributed by atoms with van der Waals surface area (Å²) in [5, 5.41) is 3.08. The third-order valence-electron chi connectivity index (χ3n) is 8.82. The Bertz CT molecular complexity index is 2590. The number of ether oxygens (including phenoxy) is 4. The van der Waals surface area contributed by atoms with Gasteiger partial charge in [-0.3, -0.25) is 19.2 Å². The molecule has 8 rings (SSSR count). The van der Waals surface area contributed by atoms with Crippen LogP contribution in [0.3, 0.4) is 0 Å². The smallest absolute Gasteiger partial charge is 0.308 e. The number of carbonyl (C=O) groups excluding carboxylic acids is 4. The van der Waals surface area contributed by atoms with Crippen LogP contribution in [0.25, 0.3) is 77.0 Å². The summed E-state index contributed by atoms with van der Waals surface area (Å²) >= 11 is 0. The van der Waals surface area contributed by atoms with E-state index in [0.717, 1.165) is 43.8 Å². The number of hydrogen-bond acceptors (Lipinski definition) is 8. The van der Waals surface area contributed by atoms with Crippen molar-refractivity contribution in [1.82, 2.24) is 19.9 Å². The fourth-order valence-corrected chi connectivity index (χ4v) is 6.93. The predicted molar refractivity (Wildman–Crippen MR) is 195 cm³/mol. The Labute approximate surface area is 294 Å². The van der Waals surface area contributed by atoms with Gasteiger partial charge >= 0.3 is 23.9 Å². The van der Waals surface area contributed by atoms with E-state index in [1.807, 2.05) is 48.8 Å². The maximum Gasteiger partial charge on any atom is 0.308 e. The number of rotatable bonds is 7. The van der Waals surface area contributed by atoms with E-state index < -0.39 is 23.9 Å². The number of benzene rings is 4. The van der Waals surface area contributed by atoms with Crippen LogP contribution in [0.15, 0.2) is 85.5 Å². The van der Waals surface area contributed by atoms with E-state index in [1.165, 1.54) is 27.7 Å². The Hall–Kier alpha value is -7.08. The third kappa shape index (κ3) is 5.33. The van der Waals surface area contributed by atoms with Crippen molar-refractivity contribution in [1.29, 1.82) is 0 Å². The lowest BCUT2D eigenvalue weighted by Gasteiger charge is -2.18. The van der Waals surface area contributed by atoms with Gasteiger partial charge in [0.15, 0.2) is 23.0 Å². The van der Waals surface area contributed by atoms with Gasteiger partial charge in [-0.1, -0.05) is 24.3 Å². The first-order valence-corrected chi connectivity index (χ1v) is 16.3. The average molecular weight is 695 g/mol. The molecule has 0 bridgehead atoms. The number of para-hydroxylation sites is 2. The van der Waals surface area contributed by atoms with Crippen molar-refractivity contribution in [3.8, 4) is 56.4 Å². The van der Waals surface area contributed by atoms with Gasteiger partial charge in [0.1, 0.15) is 0 Å². The molecule has 4 heterocycles. The normalized spacial score (nSPS) is 11.4. The first-order chi connectivity index (χ1) is 25.1. The number of aromatic nitrogens is 4. The van der Waals surface area contributed by atoms with Crippen LogP contribution in [0.1, 0.15) is 27.7 Å². The molecule has 0 atom stereocenters. The highest BCUT2D eigenvalue weighted by molar-refractivity contribution is 6.14. The van der Waals surface area contributed by atoms with Gasteiger partial charge < -0.3 is 38.9 Å². The van der Waals surface area contributed by atoms with E-state index in [4.69, 9.17) is 18.9 Å². The quantitative estimate of drug-likeness (QED) is 0.0954. The summed E-state index contributed by atoms with van der Waals surface area (Å²) in [6.07, 6.45) is 7.16. The van der Waals surface area contributed by atoms with E-state index in [0.29, 0.717) is 44.7 Å². The molecule has 0 amide bonds. The number of aromatic amines is 4. The van der Waals surface area contributed by atoms with Gasteiger partial charge in [0.05, 0.1) is 22.1 Å². The van der Waals surface area contributed by atoms with Crippen LogP contribution in [0.4, 0.5) is 0 Å². The number of nitrogens with one attached hydrogen (secondary N) is 4. The van der Waals surface area contributed by atoms with Gasteiger partial charge in [0, 0.05) is 96.3 Å². The standard InChI is InChI=1S/C40H30N4O8/c1-19(45)49-33-9-5-7-23-31(17-43-35(23)33)27-15-29(39(51-21(3)47)37-25(27)11-13-41-37)30-16-28(26-12-14-42-38(26)40(30)52-22(4)48)32-18-44-36-24(32)8-6-10-34(36)50-20(2)46/h5-18,41-44H,1-4H3. The molecule has 4 N–H and O–H groups in total. The number of fused-ring (bicyclic) bond motifs is 4. The first-order valence-electron chi connectivity index (χ1n) is 16.3. The lowest BCUT2D eigenvalue weighted by atomic mass is 9.90. The van der Waals surface area contributed by atoms with Crippen LogP contribution in [0.2, 0.25) is 0 Å². The van der Waals surface area contributed by atoms with E-state index in [9.17, 15) is 19.2 Å². The molecule has 0 spiro atoms. The topological polar surface area (TPSA) is 168 Å². The van der Waals surface area contributed by atoms with Gasteiger partial charge in [-0.25, -0.2) is 0 Å². The molecule has 12 nitrogen and oxygen atoms in total. The molecule has 0 unspecified atom stereocenters. The fourth-order valence-electron chi connectivity index (χ4n) is 6.93. The molecule has 0 saturated carbocycles. The van der Waals surface area contributed by atoms with Crippen LogP contribution in [-0.2, 0) is 19.2 Å². The van der Waals surface area contributed by atoms with Crippen molar-refractivity contribution in [3.05, 3.63) is 85.5 Å². The zero-order chi connectivity index (χ0) is 36.3. The molecular formula is C40H30N4O8. The maximum absolute atomic E-state index is 12.7. The molecule has 0 fully saturated rings. The van der Waals surface area contributed by atoms with Crippen molar-refractivity contribution >= 4 is 67.5 Å². The summed E-state index contributed by atoms with van der Waals surface area (Å²) in [6, 6.07) is 18.4. The molecule has 258 valence electrons. The largest absolute Gasteiger partial charge is 0.424 e. The fraction of sp³-hybridized carbons (Fsp3) is 0.100. The summed E-state index contributed by atoms with van der Waals surface area (Å²) < 4.78 is 22.9. The Morgan fingerprint density at radius 1 is 0.423 bits per heavy atom. The van der Waals surface area contributed by atoms with E-state index in [-0.39, 0.29) is 11.5 Å². The van der Waals surface area contributed by atoms with Crippen molar-refractivity contribution in [2.24, 2.45) is 0 Å². The summed E-state index contributed by atoms with van der Waals surface area (Å²) in [5.41, 5.74) is 6.34. The van der Waals surface area contributed by atoms with Gasteiger partial charge in [-0.2, -0.15) is 0 Å². The van der Waals surface area contributed by atoms with Crippen molar-refractivity contribution in [2.75, 3.05) is 0 Å². The lowest BCUT2D eigenvalue weighted by molar-refractivity contribution is -0.132. The van der Waals surface area contributed by atoms with Crippen molar-refractivity contribution in [3.63, 3.8) is 0 Å². The zero-order valence-electron chi connectivity index (χ0n) is 28.3. The molecule has 12 heteroatoms. The molecule has 0 aliphatic carbocycles. The van der Waals surface area contributed by atoms with Gasteiger partial charge in [0.2, 0.25) is 0 Å². The molecular weight excluding hydrogens is 664 g/mol. The van der Waals surface area contributed by atoms with Crippen LogP contribution in [0, 0.1) is 0 Å². The van der Waals surface area contributed by atoms with Crippen LogP contribution in [-0.4, -0.2) is 43.8 Å². The molecule has 0 aliphatic rings.